The maximum absolute atomic E-state index is 13.5. The van der Waals surface area contributed by atoms with Crippen molar-refractivity contribution in [2.24, 2.45) is 0 Å². The highest BCUT2D eigenvalue weighted by molar-refractivity contribution is 7.99. The molecule has 0 radical (unpaired) electrons. The maximum atomic E-state index is 13.5. The highest BCUT2D eigenvalue weighted by Gasteiger charge is 2.20. The Hall–Kier alpha value is -3.78. The van der Waals surface area contributed by atoms with Crippen molar-refractivity contribution in [1.82, 2.24) is 14.9 Å². The first-order valence-electron chi connectivity index (χ1n) is 11.4. The summed E-state index contributed by atoms with van der Waals surface area (Å²) in [7, 11) is 0. The van der Waals surface area contributed by atoms with E-state index >= 15 is 0 Å². The Bertz CT molecular complexity index is 1440. The summed E-state index contributed by atoms with van der Waals surface area (Å²) in [6.07, 6.45) is 0. The van der Waals surface area contributed by atoms with Crippen LogP contribution in [0, 0.1) is 0 Å². The number of amides is 1. The van der Waals surface area contributed by atoms with Crippen LogP contribution in [-0.2, 0) is 4.79 Å². The van der Waals surface area contributed by atoms with Gasteiger partial charge in [0.15, 0.2) is 16.7 Å². The van der Waals surface area contributed by atoms with Crippen molar-refractivity contribution in [3.05, 3.63) is 94.3 Å². The van der Waals surface area contributed by atoms with Crippen LogP contribution >= 0.6 is 11.8 Å². The normalized spacial score (nSPS) is 14.0. The van der Waals surface area contributed by atoms with Gasteiger partial charge < -0.3 is 14.8 Å². The lowest BCUT2D eigenvalue weighted by Crippen LogP contribution is -2.30. The number of hydrogen-bond donors (Lipinski definition) is 1. The molecule has 0 spiro atoms. The zero-order valence-corrected chi connectivity index (χ0v) is 20.2. The number of carbonyl (C=O) groups excluding carboxylic acids is 1. The molecule has 0 aliphatic carbocycles. The molecular formula is C27H25N3O4S. The molecule has 2 heterocycles. The summed E-state index contributed by atoms with van der Waals surface area (Å²) in [4.78, 5) is 31.0. The van der Waals surface area contributed by atoms with Gasteiger partial charge in [0.2, 0.25) is 12.7 Å². The molecule has 3 aromatic carbocycles. The average Bonchev–Trinajstić information content (AvgIpc) is 3.36. The lowest BCUT2D eigenvalue weighted by molar-refractivity contribution is -0.119. The van der Waals surface area contributed by atoms with Crippen LogP contribution in [0.5, 0.6) is 11.5 Å². The molecular weight excluding hydrogens is 462 g/mol. The molecule has 2 atom stereocenters. The molecule has 1 aromatic heterocycles. The summed E-state index contributed by atoms with van der Waals surface area (Å²) in [6.45, 7) is 4.10. The van der Waals surface area contributed by atoms with Crippen molar-refractivity contribution in [2.45, 2.75) is 31.1 Å². The molecule has 1 aliphatic rings. The average molecular weight is 488 g/mol. The van der Waals surface area contributed by atoms with Crippen molar-refractivity contribution in [3.63, 3.8) is 0 Å². The third-order valence-corrected chi connectivity index (χ3v) is 7.00. The minimum atomic E-state index is -0.237. The standard InChI is InChI=1S/C27H25N3O4S/c1-17(20-12-13-23-24(14-20)34-16-33-23)28-25(31)15-35-27-29-22-11-7-6-10-21(22)26(32)30(27)18(2)19-8-4-3-5-9-19/h3-14,17-18H,15-16H2,1-2H3,(H,28,31). The second kappa shape index (κ2) is 9.84. The number of benzene rings is 3. The van der Waals surface area contributed by atoms with Crippen LogP contribution < -0.4 is 20.3 Å². The van der Waals surface area contributed by atoms with E-state index in [1.54, 1.807) is 10.6 Å². The first-order valence-corrected chi connectivity index (χ1v) is 12.4. The fraction of sp³-hybridized carbons (Fsp3) is 0.222. The molecule has 0 saturated carbocycles. The summed E-state index contributed by atoms with van der Waals surface area (Å²) >= 11 is 1.26. The Morgan fingerprint density at radius 1 is 1.00 bits per heavy atom. The molecule has 0 saturated heterocycles. The van der Waals surface area contributed by atoms with Crippen molar-refractivity contribution in [3.8, 4) is 11.5 Å². The van der Waals surface area contributed by atoms with Gasteiger partial charge in [-0.3, -0.25) is 14.2 Å². The fourth-order valence-electron chi connectivity index (χ4n) is 4.13. The Morgan fingerprint density at radius 2 is 1.74 bits per heavy atom. The van der Waals surface area contributed by atoms with E-state index in [9.17, 15) is 9.59 Å². The Kier molecular flexibility index (Phi) is 6.46. The minimum absolute atomic E-state index is 0.122. The van der Waals surface area contributed by atoms with Gasteiger partial charge in [-0.2, -0.15) is 0 Å². The molecule has 1 amide bonds. The van der Waals surface area contributed by atoms with E-state index in [0.29, 0.717) is 27.6 Å². The van der Waals surface area contributed by atoms with E-state index in [0.717, 1.165) is 11.1 Å². The largest absolute Gasteiger partial charge is 0.454 e. The lowest BCUT2D eigenvalue weighted by atomic mass is 10.1. The van der Waals surface area contributed by atoms with Gasteiger partial charge in [-0.25, -0.2) is 4.98 Å². The third kappa shape index (κ3) is 4.74. The van der Waals surface area contributed by atoms with Gasteiger partial charge in [0, 0.05) is 0 Å². The fourth-order valence-corrected chi connectivity index (χ4v) is 5.02. The minimum Gasteiger partial charge on any atom is -0.454 e. The zero-order valence-electron chi connectivity index (χ0n) is 19.4. The molecule has 35 heavy (non-hydrogen) atoms. The molecule has 0 bridgehead atoms. The number of aromatic nitrogens is 2. The zero-order chi connectivity index (χ0) is 24.4. The predicted molar refractivity (Wildman–Crippen MR) is 136 cm³/mol. The quantitative estimate of drug-likeness (QED) is 0.301. The van der Waals surface area contributed by atoms with Gasteiger partial charge in [0.1, 0.15) is 0 Å². The molecule has 4 aromatic rings. The second-order valence-electron chi connectivity index (χ2n) is 8.36. The lowest BCUT2D eigenvalue weighted by Gasteiger charge is -2.20. The van der Waals surface area contributed by atoms with Crippen LogP contribution in [0.2, 0.25) is 0 Å². The number of thioether (sulfide) groups is 1. The predicted octanol–water partition coefficient (Wildman–Crippen LogP) is 4.70. The van der Waals surface area contributed by atoms with E-state index < -0.39 is 0 Å². The van der Waals surface area contributed by atoms with Crippen molar-refractivity contribution >= 4 is 28.6 Å². The number of rotatable bonds is 7. The SMILES string of the molecule is CC(NC(=O)CSc1nc2ccccc2c(=O)n1C(C)c1ccccc1)c1ccc2c(c1)OCO2. The van der Waals surface area contributed by atoms with Crippen LogP contribution in [0.25, 0.3) is 10.9 Å². The van der Waals surface area contributed by atoms with E-state index in [1.165, 1.54) is 11.8 Å². The monoisotopic (exact) mass is 487 g/mol. The van der Waals surface area contributed by atoms with Gasteiger partial charge in [-0.1, -0.05) is 60.3 Å². The van der Waals surface area contributed by atoms with E-state index in [4.69, 9.17) is 14.5 Å². The van der Waals surface area contributed by atoms with Crippen LogP contribution in [-0.4, -0.2) is 28.0 Å². The maximum Gasteiger partial charge on any atom is 0.262 e. The second-order valence-corrected chi connectivity index (χ2v) is 9.31. The molecule has 7 nitrogen and oxygen atoms in total. The molecule has 0 fully saturated rings. The van der Waals surface area contributed by atoms with Crippen LogP contribution in [0.3, 0.4) is 0 Å². The molecule has 178 valence electrons. The van der Waals surface area contributed by atoms with Gasteiger partial charge >= 0.3 is 0 Å². The highest BCUT2D eigenvalue weighted by atomic mass is 32.2. The number of nitrogens with one attached hydrogen (secondary N) is 1. The summed E-state index contributed by atoms with van der Waals surface area (Å²) in [5.74, 6) is 1.36. The van der Waals surface area contributed by atoms with Crippen LogP contribution in [0.1, 0.15) is 37.1 Å². The van der Waals surface area contributed by atoms with Crippen LogP contribution in [0.15, 0.2) is 82.7 Å². The molecule has 8 heteroatoms. The topological polar surface area (TPSA) is 82.5 Å². The number of nitrogens with zero attached hydrogens (tertiary/aromatic N) is 2. The van der Waals surface area contributed by atoms with Crippen molar-refractivity contribution < 1.29 is 14.3 Å². The van der Waals surface area contributed by atoms with Crippen molar-refractivity contribution in [1.29, 1.82) is 0 Å². The number of para-hydroxylation sites is 1. The van der Waals surface area contributed by atoms with E-state index in [2.05, 4.69) is 5.32 Å². The Balaban J connectivity index is 1.37. The van der Waals surface area contributed by atoms with Gasteiger partial charge in [0.25, 0.3) is 5.56 Å². The summed E-state index contributed by atoms with van der Waals surface area (Å²) in [5.41, 5.74) is 2.41. The first-order chi connectivity index (χ1) is 17.0. The smallest absolute Gasteiger partial charge is 0.262 e. The Labute approximate surface area is 207 Å². The molecule has 1 N–H and O–H groups in total. The number of hydrogen-bond acceptors (Lipinski definition) is 6. The molecule has 1 aliphatic heterocycles. The number of ether oxygens (including phenoxy) is 2. The van der Waals surface area contributed by atoms with Crippen molar-refractivity contribution in [2.75, 3.05) is 12.5 Å². The van der Waals surface area contributed by atoms with Gasteiger partial charge in [-0.15, -0.1) is 0 Å². The highest BCUT2D eigenvalue weighted by Crippen LogP contribution is 2.34. The molecule has 5 rings (SSSR count). The first kappa shape index (κ1) is 23.0. The third-order valence-electron chi connectivity index (χ3n) is 6.05. The number of carbonyl (C=O) groups is 1. The van der Waals surface area contributed by atoms with E-state index in [1.807, 2.05) is 80.6 Å². The van der Waals surface area contributed by atoms with Gasteiger partial charge in [0.05, 0.1) is 28.7 Å². The summed E-state index contributed by atoms with van der Waals surface area (Å²) in [5, 5.41) is 4.08. The summed E-state index contributed by atoms with van der Waals surface area (Å²) in [6, 6.07) is 22.3. The Morgan fingerprint density at radius 3 is 2.57 bits per heavy atom. The van der Waals surface area contributed by atoms with Crippen LogP contribution in [0.4, 0.5) is 0 Å². The molecule has 2 unspecified atom stereocenters. The van der Waals surface area contributed by atoms with Gasteiger partial charge in [-0.05, 0) is 49.2 Å². The summed E-state index contributed by atoms with van der Waals surface area (Å²) < 4.78 is 12.5. The number of fused-ring (bicyclic) bond motifs is 2. The van der Waals surface area contributed by atoms with E-state index in [-0.39, 0.29) is 36.1 Å².